The molecule has 1 unspecified atom stereocenters. The lowest BCUT2D eigenvalue weighted by Gasteiger charge is -2.50. The molecule has 4 aromatic rings. The summed E-state index contributed by atoms with van der Waals surface area (Å²) in [5.74, 6) is -0.0493. The van der Waals surface area contributed by atoms with Crippen molar-refractivity contribution in [2.45, 2.75) is 129 Å². The molecule has 0 bridgehead atoms. The summed E-state index contributed by atoms with van der Waals surface area (Å²) in [5, 5.41) is 32.6. The molecule has 5 rings (SSSR count). The van der Waals surface area contributed by atoms with Gasteiger partial charge in [0.1, 0.15) is 23.5 Å². The van der Waals surface area contributed by atoms with E-state index in [-0.39, 0.29) is 43.5 Å². The van der Waals surface area contributed by atoms with Crippen LogP contribution in [0.2, 0.25) is 0 Å². The summed E-state index contributed by atoms with van der Waals surface area (Å²) < 4.78 is 11.3. The number of fused-ring (bicyclic) bond motifs is 2. The Morgan fingerprint density at radius 3 is 1.76 bits per heavy atom. The Morgan fingerprint density at radius 1 is 0.724 bits per heavy atom. The molecule has 4 N–H and O–H groups in total. The summed E-state index contributed by atoms with van der Waals surface area (Å²) in [6.45, 7) is 15.4. The molecule has 0 saturated carbocycles. The standard InChI is InChI=1S/C47H64N4O7/c1-31(2)24-39-30-50(42(53)40(48-44(55)57-46(3,4)5)27-32-19-21-34-14-9-11-16-36(34)25-32)38(18-13-23-52)29-51(39)43(54)41(49-45(56)58-47(6,7)8)28-33-20-22-35-15-10-12-17-37(35)26-33/h9-12,14-17,19-22,25-26,31,38-42,52-53H,13,18,23-24,27-30H2,1-8H3,(H,48,55)(H,49,56)/t38-,39+,40+,41+,42?/m0/s1. The van der Waals surface area contributed by atoms with Gasteiger partial charge in [0.2, 0.25) is 5.91 Å². The monoisotopic (exact) mass is 796 g/mol. The van der Waals surface area contributed by atoms with Gasteiger partial charge in [-0.25, -0.2) is 9.59 Å². The van der Waals surface area contributed by atoms with Crippen molar-refractivity contribution in [3.63, 3.8) is 0 Å². The highest BCUT2D eigenvalue weighted by molar-refractivity contribution is 5.87. The fourth-order valence-corrected chi connectivity index (χ4v) is 7.89. The van der Waals surface area contributed by atoms with Crippen molar-refractivity contribution in [2.75, 3.05) is 19.7 Å². The third-order valence-electron chi connectivity index (χ3n) is 10.4. The van der Waals surface area contributed by atoms with E-state index in [0.29, 0.717) is 32.2 Å². The SMILES string of the molecule is CC(C)C[C@@H]1CN(C(O)[C@@H](Cc2ccc3ccccc3c2)NC(=O)OC(C)(C)C)[C@@H](CCCO)CN1C(=O)[C@@H](Cc1ccc2ccccc2c1)NC(=O)OC(C)(C)C. The number of carbonyl (C=O) groups is 3. The van der Waals surface area contributed by atoms with Crippen LogP contribution in [-0.2, 0) is 27.1 Å². The maximum Gasteiger partial charge on any atom is 0.408 e. The quantitative estimate of drug-likeness (QED) is 0.102. The van der Waals surface area contributed by atoms with Crippen LogP contribution in [0.25, 0.3) is 21.5 Å². The van der Waals surface area contributed by atoms with Crippen molar-refractivity contribution >= 4 is 39.6 Å². The van der Waals surface area contributed by atoms with Gasteiger partial charge in [0, 0.05) is 38.2 Å². The third-order valence-corrected chi connectivity index (χ3v) is 10.4. The first kappa shape index (κ1) is 44.4. The van der Waals surface area contributed by atoms with Crippen molar-refractivity contribution < 1.29 is 34.1 Å². The number of hydrogen-bond donors (Lipinski definition) is 4. The van der Waals surface area contributed by atoms with E-state index < -0.39 is 41.7 Å². The highest BCUT2D eigenvalue weighted by atomic mass is 16.6. The van der Waals surface area contributed by atoms with Gasteiger partial charge in [0.15, 0.2) is 0 Å². The Bertz CT molecular complexity index is 2000. The van der Waals surface area contributed by atoms with E-state index in [1.807, 2.05) is 88.7 Å². The Morgan fingerprint density at radius 2 is 1.24 bits per heavy atom. The van der Waals surface area contributed by atoms with Crippen molar-refractivity contribution in [3.05, 3.63) is 96.1 Å². The van der Waals surface area contributed by atoms with Gasteiger partial charge in [-0.15, -0.1) is 0 Å². The number of ether oxygens (including phenoxy) is 2. The summed E-state index contributed by atoms with van der Waals surface area (Å²) in [5.41, 5.74) is 0.304. The van der Waals surface area contributed by atoms with Crippen molar-refractivity contribution in [1.82, 2.24) is 20.4 Å². The van der Waals surface area contributed by atoms with Crippen LogP contribution in [0, 0.1) is 5.92 Å². The van der Waals surface area contributed by atoms with Crippen molar-refractivity contribution in [2.24, 2.45) is 5.92 Å². The molecule has 58 heavy (non-hydrogen) atoms. The fourth-order valence-electron chi connectivity index (χ4n) is 7.89. The first-order valence-electron chi connectivity index (χ1n) is 20.7. The van der Waals surface area contributed by atoms with E-state index in [9.17, 15) is 24.6 Å². The van der Waals surface area contributed by atoms with Gasteiger partial charge in [-0.1, -0.05) is 98.8 Å². The number of nitrogens with zero attached hydrogens (tertiary/aromatic N) is 2. The van der Waals surface area contributed by atoms with Crippen LogP contribution in [0.1, 0.15) is 85.8 Å². The topological polar surface area (TPSA) is 141 Å². The molecule has 1 heterocycles. The van der Waals surface area contributed by atoms with E-state index in [2.05, 4.69) is 30.5 Å². The predicted molar refractivity (Wildman–Crippen MR) is 229 cm³/mol. The molecule has 4 aromatic carbocycles. The molecular weight excluding hydrogens is 733 g/mol. The maximum absolute atomic E-state index is 15.0. The zero-order valence-corrected chi connectivity index (χ0v) is 35.5. The number of rotatable bonds is 14. The predicted octanol–water partition coefficient (Wildman–Crippen LogP) is 7.58. The lowest BCUT2D eigenvalue weighted by Crippen LogP contribution is -2.67. The molecule has 11 nitrogen and oxygen atoms in total. The lowest BCUT2D eigenvalue weighted by molar-refractivity contribution is -0.148. The van der Waals surface area contributed by atoms with Gasteiger partial charge in [0.25, 0.3) is 0 Å². The van der Waals surface area contributed by atoms with Crippen LogP contribution >= 0.6 is 0 Å². The second-order valence-electron chi connectivity index (χ2n) is 18.1. The normalized spacial score (nSPS) is 18.2. The highest BCUT2D eigenvalue weighted by Gasteiger charge is 2.43. The molecule has 0 spiro atoms. The van der Waals surface area contributed by atoms with Crippen LogP contribution in [0.15, 0.2) is 84.9 Å². The van der Waals surface area contributed by atoms with Gasteiger partial charge in [0.05, 0.1) is 6.04 Å². The minimum absolute atomic E-state index is 0.0642. The van der Waals surface area contributed by atoms with Crippen LogP contribution in [-0.4, -0.2) is 99.4 Å². The Kier molecular flexibility index (Phi) is 14.8. The number of carbonyl (C=O) groups excluding carboxylic acids is 3. The first-order valence-corrected chi connectivity index (χ1v) is 20.7. The summed E-state index contributed by atoms with van der Waals surface area (Å²) in [7, 11) is 0. The molecule has 1 aliphatic heterocycles. The lowest BCUT2D eigenvalue weighted by atomic mass is 9.92. The average Bonchev–Trinajstić information content (AvgIpc) is 3.14. The number of benzene rings is 4. The number of alkyl carbamates (subject to hydrolysis) is 2. The molecule has 1 aliphatic rings. The average molecular weight is 797 g/mol. The zero-order chi connectivity index (χ0) is 42.2. The molecule has 0 radical (unpaired) electrons. The molecule has 3 amide bonds. The van der Waals surface area contributed by atoms with E-state index in [1.165, 1.54) is 0 Å². The van der Waals surface area contributed by atoms with Crippen LogP contribution < -0.4 is 10.6 Å². The minimum Gasteiger partial charge on any atom is -0.444 e. The number of aliphatic hydroxyl groups is 2. The van der Waals surface area contributed by atoms with Gasteiger partial charge in [-0.3, -0.25) is 9.69 Å². The molecule has 314 valence electrons. The van der Waals surface area contributed by atoms with Gasteiger partial charge in [-0.2, -0.15) is 0 Å². The van der Waals surface area contributed by atoms with E-state index >= 15 is 0 Å². The molecule has 5 atom stereocenters. The molecule has 11 heteroatoms. The number of piperazine rings is 1. The largest absolute Gasteiger partial charge is 0.444 e. The van der Waals surface area contributed by atoms with Crippen LogP contribution in [0.5, 0.6) is 0 Å². The molecular formula is C47H64N4O7. The van der Waals surface area contributed by atoms with Gasteiger partial charge in [-0.05, 0) is 106 Å². The zero-order valence-electron chi connectivity index (χ0n) is 35.5. The van der Waals surface area contributed by atoms with Crippen LogP contribution in [0.4, 0.5) is 9.59 Å². The second kappa shape index (κ2) is 19.4. The minimum atomic E-state index is -1.16. The second-order valence-corrected chi connectivity index (χ2v) is 18.1. The fraction of sp³-hybridized carbons (Fsp3) is 0.511. The molecule has 1 saturated heterocycles. The number of hydrogen-bond acceptors (Lipinski definition) is 8. The van der Waals surface area contributed by atoms with E-state index in [0.717, 1.165) is 32.7 Å². The summed E-state index contributed by atoms with van der Waals surface area (Å²) in [4.78, 5) is 45.5. The molecule has 0 aliphatic carbocycles. The van der Waals surface area contributed by atoms with Crippen molar-refractivity contribution in [3.8, 4) is 0 Å². The number of amides is 3. The molecule has 0 aromatic heterocycles. The summed E-state index contributed by atoms with van der Waals surface area (Å²) in [6, 6.07) is 25.8. The van der Waals surface area contributed by atoms with E-state index in [4.69, 9.17) is 9.47 Å². The Balaban J connectivity index is 1.48. The summed E-state index contributed by atoms with van der Waals surface area (Å²) >= 11 is 0. The molecule has 1 fully saturated rings. The number of aliphatic hydroxyl groups excluding tert-OH is 2. The Labute approximate surface area is 344 Å². The van der Waals surface area contributed by atoms with E-state index in [1.54, 1.807) is 41.5 Å². The van der Waals surface area contributed by atoms with Gasteiger partial charge < -0.3 is 35.2 Å². The highest BCUT2D eigenvalue weighted by Crippen LogP contribution is 2.29. The van der Waals surface area contributed by atoms with Crippen LogP contribution in [0.3, 0.4) is 0 Å². The smallest absolute Gasteiger partial charge is 0.408 e. The maximum atomic E-state index is 15.0. The van der Waals surface area contributed by atoms with Gasteiger partial charge >= 0.3 is 12.2 Å². The number of nitrogens with one attached hydrogen (secondary N) is 2. The first-order chi connectivity index (χ1) is 27.4. The third kappa shape index (κ3) is 12.6. The summed E-state index contributed by atoms with van der Waals surface area (Å²) in [6.07, 6.45) is -0.362. The Hall–Kier alpha value is -4.71. The van der Waals surface area contributed by atoms with Crippen molar-refractivity contribution in [1.29, 1.82) is 0 Å².